The highest BCUT2D eigenvalue weighted by Gasteiger charge is 2.25. The number of aryl methyl sites for hydroxylation is 1. The first-order chi connectivity index (χ1) is 10.7. The topological polar surface area (TPSA) is 52.6 Å². The molecule has 4 nitrogen and oxygen atoms in total. The molecule has 2 rings (SSSR count). The van der Waals surface area contributed by atoms with Crippen LogP contribution in [-0.4, -0.2) is 19.0 Å². The molecule has 0 aliphatic heterocycles. The lowest BCUT2D eigenvalue weighted by Gasteiger charge is -2.16. The van der Waals surface area contributed by atoms with Crippen LogP contribution in [0.25, 0.3) is 0 Å². The number of hydrogen-bond acceptors (Lipinski definition) is 4. The van der Waals surface area contributed by atoms with Gasteiger partial charge in [-0.15, -0.1) is 0 Å². The third kappa shape index (κ3) is 4.45. The zero-order valence-electron chi connectivity index (χ0n) is 12.4. The molecule has 22 heavy (non-hydrogen) atoms. The predicted molar refractivity (Wildman–Crippen MR) is 82.1 cm³/mol. The molecule has 0 amide bonds. The number of carbonyl (C=O) groups is 2. The maximum atomic E-state index is 12.0. The molecule has 0 aliphatic rings. The number of benzene rings is 2. The van der Waals surface area contributed by atoms with Gasteiger partial charge in [0.2, 0.25) is 6.10 Å². The van der Waals surface area contributed by atoms with Gasteiger partial charge in [0.1, 0.15) is 0 Å². The van der Waals surface area contributed by atoms with E-state index in [1.165, 1.54) is 7.11 Å². The molecule has 2 aromatic carbocycles. The maximum absolute atomic E-state index is 12.0. The van der Waals surface area contributed by atoms with Gasteiger partial charge in [0.15, 0.2) is 0 Å². The molecule has 0 unspecified atom stereocenters. The number of carbonyl (C=O) groups excluding carboxylic acids is 2. The minimum absolute atomic E-state index is 0.213. The molecule has 0 aromatic heterocycles. The molecule has 2 aromatic rings. The number of ether oxygens (including phenoxy) is 2. The van der Waals surface area contributed by atoms with Crippen LogP contribution in [0.3, 0.4) is 0 Å². The van der Waals surface area contributed by atoms with E-state index in [0.29, 0.717) is 12.0 Å². The van der Waals surface area contributed by atoms with Crippen LogP contribution < -0.4 is 0 Å². The van der Waals surface area contributed by atoms with E-state index in [1.807, 2.05) is 36.4 Å². The van der Waals surface area contributed by atoms with Gasteiger partial charge in [-0.2, -0.15) is 0 Å². The van der Waals surface area contributed by atoms with Crippen LogP contribution in [0.1, 0.15) is 23.7 Å². The van der Waals surface area contributed by atoms with Gasteiger partial charge in [0, 0.05) is 12.0 Å². The summed E-state index contributed by atoms with van der Waals surface area (Å²) in [5, 5.41) is 0. The molecule has 114 valence electrons. The average molecular weight is 298 g/mol. The van der Waals surface area contributed by atoms with E-state index < -0.39 is 18.0 Å². The summed E-state index contributed by atoms with van der Waals surface area (Å²) in [7, 11) is 1.27. The summed E-state index contributed by atoms with van der Waals surface area (Å²) in [6, 6.07) is 18.5. The second-order valence-corrected chi connectivity index (χ2v) is 4.79. The van der Waals surface area contributed by atoms with Crippen molar-refractivity contribution in [2.75, 3.05) is 7.11 Å². The number of hydrogen-bond donors (Lipinski definition) is 0. The molecular formula is C18H18O4. The van der Waals surface area contributed by atoms with Crippen LogP contribution in [0.2, 0.25) is 0 Å². The van der Waals surface area contributed by atoms with Crippen molar-refractivity contribution in [2.24, 2.45) is 0 Å². The first-order valence-corrected chi connectivity index (χ1v) is 7.07. The molecule has 0 radical (unpaired) electrons. The Bertz CT molecular complexity index is 607. The first-order valence-electron chi connectivity index (χ1n) is 7.07. The minimum Gasteiger partial charge on any atom is -0.466 e. The molecule has 0 spiro atoms. The molecule has 0 saturated carbocycles. The van der Waals surface area contributed by atoms with Crippen molar-refractivity contribution in [1.82, 2.24) is 0 Å². The quantitative estimate of drug-likeness (QED) is 0.769. The molecule has 0 heterocycles. The van der Waals surface area contributed by atoms with Crippen LogP contribution in [0, 0.1) is 0 Å². The van der Waals surface area contributed by atoms with E-state index in [0.717, 1.165) is 5.56 Å². The van der Waals surface area contributed by atoms with Crippen LogP contribution in [0.5, 0.6) is 0 Å². The van der Waals surface area contributed by atoms with E-state index in [2.05, 4.69) is 0 Å². The Hall–Kier alpha value is -2.62. The van der Waals surface area contributed by atoms with E-state index in [4.69, 9.17) is 9.47 Å². The number of esters is 2. The third-order valence-corrected chi connectivity index (χ3v) is 3.23. The van der Waals surface area contributed by atoms with Gasteiger partial charge in [0.25, 0.3) is 0 Å². The molecule has 4 heteroatoms. The normalized spacial score (nSPS) is 11.5. The zero-order chi connectivity index (χ0) is 15.8. The summed E-state index contributed by atoms with van der Waals surface area (Å²) < 4.78 is 10.0. The summed E-state index contributed by atoms with van der Waals surface area (Å²) in [5.41, 5.74) is 1.65. The van der Waals surface area contributed by atoms with Gasteiger partial charge in [-0.05, 0) is 12.0 Å². The molecule has 0 saturated heterocycles. The summed E-state index contributed by atoms with van der Waals surface area (Å²) in [6.45, 7) is 0. The molecule has 0 aliphatic carbocycles. The standard InChI is InChI=1S/C18H18O4/c1-21-18(20)17(15-10-6-3-7-11-15)22-16(19)13-12-14-8-4-2-5-9-14/h2-11,17H,12-13H2,1H3/t17-/m0/s1. The molecule has 1 atom stereocenters. The zero-order valence-corrected chi connectivity index (χ0v) is 12.4. The molecule has 0 fully saturated rings. The number of methoxy groups -OCH3 is 1. The van der Waals surface area contributed by atoms with Crippen molar-refractivity contribution in [2.45, 2.75) is 18.9 Å². The fourth-order valence-corrected chi connectivity index (χ4v) is 2.07. The lowest BCUT2D eigenvalue weighted by molar-refractivity contribution is -0.166. The molecule has 0 N–H and O–H groups in total. The molecule has 0 bridgehead atoms. The predicted octanol–water partition coefficient (Wildman–Crippen LogP) is 3.08. The lowest BCUT2D eigenvalue weighted by Crippen LogP contribution is -2.21. The Labute approximate surface area is 129 Å². The highest BCUT2D eigenvalue weighted by atomic mass is 16.6. The second kappa shape index (κ2) is 7.98. The summed E-state index contributed by atoms with van der Waals surface area (Å²) in [4.78, 5) is 23.8. The largest absolute Gasteiger partial charge is 0.466 e. The summed E-state index contributed by atoms with van der Waals surface area (Å²) >= 11 is 0. The van der Waals surface area contributed by atoms with Crippen molar-refractivity contribution in [3.8, 4) is 0 Å². The fraction of sp³-hybridized carbons (Fsp3) is 0.222. The van der Waals surface area contributed by atoms with Crippen molar-refractivity contribution < 1.29 is 19.1 Å². The Balaban J connectivity index is 1.98. The van der Waals surface area contributed by atoms with Crippen molar-refractivity contribution >= 4 is 11.9 Å². The van der Waals surface area contributed by atoms with Crippen molar-refractivity contribution in [1.29, 1.82) is 0 Å². The Kier molecular flexibility index (Phi) is 5.72. The first kappa shape index (κ1) is 15.8. The Morgan fingerprint density at radius 2 is 1.55 bits per heavy atom. The summed E-state index contributed by atoms with van der Waals surface area (Å²) in [6.07, 6.45) is -0.235. The average Bonchev–Trinajstić information content (AvgIpc) is 2.59. The van der Waals surface area contributed by atoms with Crippen molar-refractivity contribution in [3.63, 3.8) is 0 Å². The van der Waals surface area contributed by atoms with Gasteiger partial charge >= 0.3 is 11.9 Å². The SMILES string of the molecule is COC(=O)[C@@H](OC(=O)CCc1ccccc1)c1ccccc1. The van der Waals surface area contributed by atoms with Gasteiger partial charge in [-0.1, -0.05) is 60.7 Å². The maximum Gasteiger partial charge on any atom is 0.351 e. The van der Waals surface area contributed by atoms with E-state index in [-0.39, 0.29) is 6.42 Å². The summed E-state index contributed by atoms with van der Waals surface area (Å²) in [5.74, 6) is -1.01. The number of rotatable bonds is 6. The van der Waals surface area contributed by atoms with Gasteiger partial charge in [-0.3, -0.25) is 4.79 Å². The highest BCUT2D eigenvalue weighted by molar-refractivity contribution is 5.80. The van der Waals surface area contributed by atoms with E-state index in [9.17, 15) is 9.59 Å². The highest BCUT2D eigenvalue weighted by Crippen LogP contribution is 2.19. The van der Waals surface area contributed by atoms with Crippen LogP contribution in [-0.2, 0) is 25.5 Å². The van der Waals surface area contributed by atoms with Gasteiger partial charge in [-0.25, -0.2) is 4.79 Å². The van der Waals surface area contributed by atoms with Gasteiger partial charge in [0.05, 0.1) is 7.11 Å². The van der Waals surface area contributed by atoms with Crippen LogP contribution in [0.4, 0.5) is 0 Å². The Morgan fingerprint density at radius 1 is 0.955 bits per heavy atom. The van der Waals surface area contributed by atoms with Crippen LogP contribution in [0.15, 0.2) is 60.7 Å². The minimum atomic E-state index is -1.02. The Morgan fingerprint density at radius 3 is 2.14 bits per heavy atom. The fourth-order valence-electron chi connectivity index (χ4n) is 2.07. The smallest absolute Gasteiger partial charge is 0.351 e. The third-order valence-electron chi connectivity index (χ3n) is 3.23. The van der Waals surface area contributed by atoms with Gasteiger partial charge < -0.3 is 9.47 Å². The molecular weight excluding hydrogens is 280 g/mol. The van der Waals surface area contributed by atoms with E-state index in [1.54, 1.807) is 24.3 Å². The second-order valence-electron chi connectivity index (χ2n) is 4.79. The van der Waals surface area contributed by atoms with Crippen molar-refractivity contribution in [3.05, 3.63) is 71.8 Å². The lowest BCUT2D eigenvalue weighted by atomic mass is 10.1. The van der Waals surface area contributed by atoms with Crippen LogP contribution >= 0.6 is 0 Å². The monoisotopic (exact) mass is 298 g/mol. The van der Waals surface area contributed by atoms with E-state index >= 15 is 0 Å².